The average molecular weight is 263 g/mol. The number of anilines is 2. The molecule has 4 heteroatoms. The minimum Gasteiger partial charge on any atom is -0.366 e. The summed E-state index contributed by atoms with van der Waals surface area (Å²) in [7, 11) is 0. The Bertz CT molecular complexity index is 761. The summed E-state index contributed by atoms with van der Waals surface area (Å²) in [5, 5.41) is 5.53. The zero-order valence-corrected chi connectivity index (χ0v) is 10.7. The third kappa shape index (κ3) is 2.31. The number of carbonyl (C=O) groups excluding carboxylic acids is 1. The molecule has 0 saturated carbocycles. The highest BCUT2D eigenvalue weighted by Gasteiger charge is 2.03. The van der Waals surface area contributed by atoms with E-state index in [4.69, 9.17) is 5.73 Å². The molecule has 4 nitrogen and oxygen atoms in total. The van der Waals surface area contributed by atoms with Gasteiger partial charge in [-0.25, -0.2) is 4.98 Å². The minimum atomic E-state index is -0.478. The maximum atomic E-state index is 11.0. The molecule has 1 heterocycles. The maximum Gasteiger partial charge on any atom is 0.250 e. The predicted molar refractivity (Wildman–Crippen MR) is 80.0 cm³/mol. The largest absolute Gasteiger partial charge is 0.366 e. The van der Waals surface area contributed by atoms with Gasteiger partial charge in [0.15, 0.2) is 0 Å². The summed E-state index contributed by atoms with van der Waals surface area (Å²) >= 11 is 0. The lowest BCUT2D eigenvalue weighted by Gasteiger charge is -2.09. The van der Waals surface area contributed by atoms with Crippen molar-refractivity contribution >= 4 is 28.2 Å². The number of hydrogen-bond donors (Lipinski definition) is 2. The van der Waals surface area contributed by atoms with Gasteiger partial charge in [-0.15, -0.1) is 0 Å². The predicted octanol–water partition coefficient (Wildman–Crippen LogP) is 3.08. The van der Waals surface area contributed by atoms with E-state index in [9.17, 15) is 4.79 Å². The molecular formula is C16H13N3O. The van der Waals surface area contributed by atoms with E-state index < -0.39 is 5.91 Å². The molecule has 2 aromatic carbocycles. The number of nitrogens with zero attached hydrogens (tertiary/aromatic N) is 1. The number of fused-ring (bicyclic) bond motifs is 1. The molecule has 0 aliphatic heterocycles. The van der Waals surface area contributed by atoms with Crippen LogP contribution >= 0.6 is 0 Å². The Hall–Kier alpha value is -2.88. The van der Waals surface area contributed by atoms with Gasteiger partial charge >= 0.3 is 0 Å². The molecule has 3 aromatic rings. The molecule has 1 aromatic heterocycles. The van der Waals surface area contributed by atoms with Crippen LogP contribution in [0.2, 0.25) is 0 Å². The Morgan fingerprint density at radius 1 is 1.00 bits per heavy atom. The van der Waals surface area contributed by atoms with Crippen LogP contribution in [0.4, 0.5) is 11.5 Å². The first-order valence-electron chi connectivity index (χ1n) is 6.25. The fraction of sp³-hybridized carbons (Fsp3) is 0. The standard InChI is InChI=1S/C16H13N3O/c17-16(20)12-8-9-15(18-10-12)19-14-7-3-5-11-4-1-2-6-13(11)14/h1-10H,(H2,17,20)(H,18,19). The van der Waals surface area contributed by atoms with Crippen LogP contribution in [-0.4, -0.2) is 10.9 Å². The van der Waals surface area contributed by atoms with Gasteiger partial charge in [-0.3, -0.25) is 4.79 Å². The number of nitrogens with two attached hydrogens (primary N) is 1. The van der Waals surface area contributed by atoms with Crippen molar-refractivity contribution in [3.63, 3.8) is 0 Å². The molecule has 3 N–H and O–H groups in total. The van der Waals surface area contributed by atoms with Crippen molar-refractivity contribution < 1.29 is 4.79 Å². The second-order valence-corrected chi connectivity index (χ2v) is 4.45. The van der Waals surface area contributed by atoms with Crippen LogP contribution in [0, 0.1) is 0 Å². The van der Waals surface area contributed by atoms with E-state index >= 15 is 0 Å². The number of pyridine rings is 1. The van der Waals surface area contributed by atoms with Gasteiger partial charge in [-0.05, 0) is 23.6 Å². The molecule has 0 saturated heterocycles. The molecule has 0 radical (unpaired) electrons. The zero-order chi connectivity index (χ0) is 13.9. The first-order chi connectivity index (χ1) is 9.74. The quantitative estimate of drug-likeness (QED) is 0.763. The van der Waals surface area contributed by atoms with Crippen molar-refractivity contribution in [2.24, 2.45) is 5.73 Å². The van der Waals surface area contributed by atoms with Crippen molar-refractivity contribution in [1.29, 1.82) is 0 Å². The number of amides is 1. The highest BCUT2D eigenvalue weighted by atomic mass is 16.1. The van der Waals surface area contributed by atoms with Crippen molar-refractivity contribution in [2.75, 3.05) is 5.32 Å². The summed E-state index contributed by atoms with van der Waals surface area (Å²) in [6, 6.07) is 17.5. The van der Waals surface area contributed by atoms with E-state index in [-0.39, 0.29) is 0 Å². The van der Waals surface area contributed by atoms with Gasteiger partial charge in [0.2, 0.25) is 5.91 Å². The monoisotopic (exact) mass is 263 g/mol. The van der Waals surface area contributed by atoms with Gasteiger partial charge in [-0.2, -0.15) is 0 Å². The smallest absolute Gasteiger partial charge is 0.250 e. The van der Waals surface area contributed by atoms with E-state index in [2.05, 4.69) is 28.5 Å². The van der Waals surface area contributed by atoms with E-state index in [1.54, 1.807) is 12.1 Å². The summed E-state index contributed by atoms with van der Waals surface area (Å²) in [6.07, 6.45) is 1.47. The average Bonchev–Trinajstić information content (AvgIpc) is 2.48. The molecule has 0 atom stereocenters. The molecule has 0 unspecified atom stereocenters. The van der Waals surface area contributed by atoms with Crippen molar-refractivity contribution in [2.45, 2.75) is 0 Å². The number of hydrogen-bond acceptors (Lipinski definition) is 3. The lowest BCUT2D eigenvalue weighted by molar-refractivity contribution is 0.1000. The van der Waals surface area contributed by atoms with E-state index in [1.807, 2.05) is 24.3 Å². The van der Waals surface area contributed by atoms with Crippen LogP contribution in [-0.2, 0) is 0 Å². The molecule has 0 bridgehead atoms. The van der Waals surface area contributed by atoms with Crippen molar-refractivity contribution in [3.8, 4) is 0 Å². The summed E-state index contributed by atoms with van der Waals surface area (Å²) in [6.45, 7) is 0. The van der Waals surface area contributed by atoms with E-state index in [0.29, 0.717) is 11.4 Å². The summed E-state index contributed by atoms with van der Waals surface area (Å²) in [5.74, 6) is 0.195. The highest BCUT2D eigenvalue weighted by molar-refractivity contribution is 5.95. The van der Waals surface area contributed by atoms with Gasteiger partial charge in [-0.1, -0.05) is 36.4 Å². The van der Waals surface area contributed by atoms with Crippen LogP contribution in [0.1, 0.15) is 10.4 Å². The molecule has 0 spiro atoms. The fourth-order valence-electron chi connectivity index (χ4n) is 2.09. The number of rotatable bonds is 3. The van der Waals surface area contributed by atoms with Crippen LogP contribution in [0.5, 0.6) is 0 Å². The SMILES string of the molecule is NC(=O)c1ccc(Nc2cccc3ccccc23)nc1. The number of benzene rings is 2. The molecular weight excluding hydrogens is 250 g/mol. The van der Waals surface area contributed by atoms with Crippen LogP contribution in [0.15, 0.2) is 60.8 Å². The first-order valence-corrected chi connectivity index (χ1v) is 6.25. The van der Waals surface area contributed by atoms with Crippen LogP contribution < -0.4 is 11.1 Å². The lowest BCUT2D eigenvalue weighted by Crippen LogP contribution is -2.11. The fourth-order valence-corrected chi connectivity index (χ4v) is 2.09. The minimum absolute atomic E-state index is 0.397. The van der Waals surface area contributed by atoms with Gasteiger partial charge < -0.3 is 11.1 Å². The van der Waals surface area contributed by atoms with Gasteiger partial charge in [0, 0.05) is 17.3 Å². The zero-order valence-electron chi connectivity index (χ0n) is 10.7. The van der Waals surface area contributed by atoms with Gasteiger partial charge in [0.05, 0.1) is 5.56 Å². The Kier molecular flexibility index (Phi) is 3.05. The Morgan fingerprint density at radius 3 is 2.55 bits per heavy atom. The summed E-state index contributed by atoms with van der Waals surface area (Å²) < 4.78 is 0. The van der Waals surface area contributed by atoms with Crippen LogP contribution in [0.3, 0.4) is 0 Å². The molecule has 20 heavy (non-hydrogen) atoms. The van der Waals surface area contributed by atoms with Crippen LogP contribution in [0.25, 0.3) is 10.8 Å². The van der Waals surface area contributed by atoms with Crippen molar-refractivity contribution in [1.82, 2.24) is 4.98 Å². The van der Waals surface area contributed by atoms with Crippen molar-refractivity contribution in [3.05, 3.63) is 66.4 Å². The second-order valence-electron chi connectivity index (χ2n) is 4.45. The molecule has 0 aliphatic rings. The number of aromatic nitrogens is 1. The Labute approximate surface area is 116 Å². The summed E-state index contributed by atoms with van der Waals surface area (Å²) in [5.41, 5.74) is 6.56. The Morgan fingerprint density at radius 2 is 1.80 bits per heavy atom. The molecule has 3 rings (SSSR count). The molecule has 1 amide bonds. The third-order valence-electron chi connectivity index (χ3n) is 3.10. The topological polar surface area (TPSA) is 68.0 Å². The normalized spacial score (nSPS) is 10.4. The maximum absolute atomic E-state index is 11.0. The van der Waals surface area contributed by atoms with Gasteiger partial charge in [0.25, 0.3) is 0 Å². The third-order valence-corrected chi connectivity index (χ3v) is 3.10. The number of primary amides is 1. The highest BCUT2D eigenvalue weighted by Crippen LogP contribution is 2.25. The van der Waals surface area contributed by atoms with E-state index in [1.165, 1.54) is 6.20 Å². The second kappa shape index (κ2) is 5.01. The van der Waals surface area contributed by atoms with Gasteiger partial charge in [0.1, 0.15) is 5.82 Å². The van der Waals surface area contributed by atoms with E-state index in [0.717, 1.165) is 16.5 Å². The lowest BCUT2D eigenvalue weighted by atomic mass is 10.1. The Balaban J connectivity index is 1.95. The number of nitrogens with one attached hydrogen (secondary N) is 1. The molecule has 0 fully saturated rings. The molecule has 98 valence electrons. The summed E-state index contributed by atoms with van der Waals surface area (Å²) in [4.78, 5) is 15.2. The molecule has 0 aliphatic carbocycles. The first kappa shape index (κ1) is 12.2. The number of carbonyl (C=O) groups is 1.